The van der Waals surface area contributed by atoms with Gasteiger partial charge in [-0.15, -0.1) is 10.2 Å². The molecular formula is C21H19Cl2N5O. The van der Waals surface area contributed by atoms with E-state index in [2.05, 4.69) is 25.4 Å². The van der Waals surface area contributed by atoms with E-state index in [1.807, 2.05) is 24.3 Å². The van der Waals surface area contributed by atoms with Gasteiger partial charge in [0.05, 0.1) is 5.69 Å². The third-order valence-corrected chi connectivity index (χ3v) is 5.38. The molecule has 1 N–H and O–H groups in total. The second-order valence-electron chi connectivity index (χ2n) is 6.92. The van der Waals surface area contributed by atoms with Crippen molar-refractivity contribution in [3.8, 4) is 11.3 Å². The Bertz CT molecular complexity index is 969. The highest BCUT2D eigenvalue weighted by molar-refractivity contribution is 6.35. The van der Waals surface area contributed by atoms with Gasteiger partial charge in [0.2, 0.25) is 5.91 Å². The van der Waals surface area contributed by atoms with Crippen LogP contribution in [0.25, 0.3) is 11.3 Å². The number of anilines is 2. The SMILES string of the molecule is O=C(Nc1cc(Cl)cc(Cl)c1)C1CCN(c2ccc(-c3ccncc3)nn2)CC1. The minimum Gasteiger partial charge on any atom is -0.355 e. The standard InChI is InChI=1S/C21H19Cl2N5O/c22-16-11-17(23)13-18(12-16)25-21(29)15-5-9-28(10-6-15)20-2-1-19(26-27-20)14-3-7-24-8-4-14/h1-4,7-8,11-13,15H,5-6,9-10H2,(H,25,29). The molecule has 1 amide bonds. The maximum Gasteiger partial charge on any atom is 0.227 e. The maximum absolute atomic E-state index is 12.6. The number of hydrogen-bond donors (Lipinski definition) is 1. The molecule has 8 heteroatoms. The monoisotopic (exact) mass is 427 g/mol. The lowest BCUT2D eigenvalue weighted by Gasteiger charge is -2.31. The van der Waals surface area contributed by atoms with Crippen LogP contribution in [0, 0.1) is 5.92 Å². The number of halogens is 2. The van der Waals surface area contributed by atoms with Crippen molar-refractivity contribution in [2.24, 2.45) is 5.92 Å². The molecule has 0 spiro atoms. The van der Waals surface area contributed by atoms with Crippen molar-refractivity contribution in [2.45, 2.75) is 12.8 Å². The van der Waals surface area contributed by atoms with Gasteiger partial charge in [0.1, 0.15) is 0 Å². The van der Waals surface area contributed by atoms with Crippen LogP contribution in [0.1, 0.15) is 12.8 Å². The van der Waals surface area contributed by atoms with Crippen LogP contribution in [0.2, 0.25) is 10.0 Å². The van der Waals surface area contributed by atoms with Crippen LogP contribution in [0.15, 0.2) is 54.9 Å². The molecule has 0 atom stereocenters. The first-order valence-corrected chi connectivity index (χ1v) is 10.1. The number of benzene rings is 1. The summed E-state index contributed by atoms with van der Waals surface area (Å²) in [5.41, 5.74) is 2.41. The zero-order valence-corrected chi connectivity index (χ0v) is 17.1. The molecule has 3 heterocycles. The third kappa shape index (κ3) is 4.83. The number of hydrogen-bond acceptors (Lipinski definition) is 5. The van der Waals surface area contributed by atoms with Gasteiger partial charge >= 0.3 is 0 Å². The summed E-state index contributed by atoms with van der Waals surface area (Å²) in [6.07, 6.45) is 4.96. The van der Waals surface area contributed by atoms with E-state index >= 15 is 0 Å². The van der Waals surface area contributed by atoms with E-state index in [0.29, 0.717) is 15.7 Å². The zero-order valence-electron chi connectivity index (χ0n) is 15.6. The molecule has 0 aliphatic carbocycles. The number of rotatable bonds is 4. The van der Waals surface area contributed by atoms with E-state index < -0.39 is 0 Å². The Hall–Kier alpha value is -2.70. The lowest BCUT2D eigenvalue weighted by atomic mass is 9.96. The van der Waals surface area contributed by atoms with Crippen molar-refractivity contribution in [3.05, 3.63) is 64.9 Å². The molecule has 1 saturated heterocycles. The molecule has 29 heavy (non-hydrogen) atoms. The summed E-state index contributed by atoms with van der Waals surface area (Å²) in [5.74, 6) is 0.749. The molecule has 6 nitrogen and oxygen atoms in total. The van der Waals surface area contributed by atoms with Gasteiger partial charge in [-0.05, 0) is 55.3 Å². The summed E-state index contributed by atoms with van der Waals surface area (Å²) in [7, 11) is 0. The Morgan fingerprint density at radius 1 is 0.966 bits per heavy atom. The molecular weight excluding hydrogens is 409 g/mol. The molecule has 1 aliphatic heterocycles. The quantitative estimate of drug-likeness (QED) is 0.652. The number of nitrogens with one attached hydrogen (secondary N) is 1. The minimum atomic E-state index is -0.0620. The van der Waals surface area contributed by atoms with Crippen molar-refractivity contribution in [1.29, 1.82) is 0 Å². The summed E-state index contributed by atoms with van der Waals surface area (Å²) in [5, 5.41) is 12.6. The fourth-order valence-electron chi connectivity index (χ4n) is 3.41. The summed E-state index contributed by atoms with van der Waals surface area (Å²) < 4.78 is 0. The van der Waals surface area contributed by atoms with Gasteiger partial charge in [0.25, 0.3) is 0 Å². The second-order valence-corrected chi connectivity index (χ2v) is 7.79. The van der Waals surface area contributed by atoms with Gasteiger partial charge in [-0.2, -0.15) is 0 Å². The number of amides is 1. The van der Waals surface area contributed by atoms with Crippen LogP contribution in [-0.2, 0) is 4.79 Å². The van der Waals surface area contributed by atoms with Crippen molar-refractivity contribution in [3.63, 3.8) is 0 Å². The first kappa shape index (κ1) is 19.6. The summed E-state index contributed by atoms with van der Waals surface area (Å²) in [4.78, 5) is 18.8. The molecule has 0 unspecified atom stereocenters. The van der Waals surface area contributed by atoms with Gasteiger partial charge in [-0.3, -0.25) is 9.78 Å². The van der Waals surface area contributed by atoms with Gasteiger partial charge in [0, 0.05) is 52.7 Å². The van der Waals surface area contributed by atoms with E-state index in [4.69, 9.17) is 23.2 Å². The van der Waals surface area contributed by atoms with Crippen LogP contribution in [-0.4, -0.2) is 34.2 Å². The van der Waals surface area contributed by atoms with E-state index in [1.165, 1.54) is 0 Å². The molecule has 0 bridgehead atoms. The lowest BCUT2D eigenvalue weighted by Crippen LogP contribution is -2.38. The molecule has 3 aromatic rings. The number of piperidine rings is 1. The first-order chi connectivity index (χ1) is 14.1. The Balaban J connectivity index is 1.35. The number of carbonyl (C=O) groups is 1. The fraction of sp³-hybridized carbons (Fsp3) is 0.238. The largest absolute Gasteiger partial charge is 0.355 e. The van der Waals surface area contributed by atoms with Crippen LogP contribution < -0.4 is 10.2 Å². The minimum absolute atomic E-state index is 0.0119. The maximum atomic E-state index is 12.6. The fourth-order valence-corrected chi connectivity index (χ4v) is 3.94. The number of carbonyl (C=O) groups excluding carboxylic acids is 1. The molecule has 0 radical (unpaired) electrons. The summed E-state index contributed by atoms with van der Waals surface area (Å²) in [6.45, 7) is 1.50. The van der Waals surface area contributed by atoms with Crippen molar-refractivity contribution in [2.75, 3.05) is 23.3 Å². The molecule has 0 saturated carbocycles. The average Bonchev–Trinajstić information content (AvgIpc) is 2.74. The highest BCUT2D eigenvalue weighted by atomic mass is 35.5. The molecule has 1 fully saturated rings. The van der Waals surface area contributed by atoms with Crippen LogP contribution >= 0.6 is 23.2 Å². The molecule has 2 aromatic heterocycles. The summed E-state index contributed by atoms with van der Waals surface area (Å²) in [6, 6.07) is 12.8. The van der Waals surface area contributed by atoms with Gasteiger partial charge < -0.3 is 10.2 Å². The average molecular weight is 428 g/mol. The van der Waals surface area contributed by atoms with Crippen LogP contribution in [0.4, 0.5) is 11.5 Å². The van der Waals surface area contributed by atoms with Gasteiger partial charge in [-0.1, -0.05) is 23.2 Å². The number of aromatic nitrogens is 3. The smallest absolute Gasteiger partial charge is 0.227 e. The second kappa shape index (κ2) is 8.76. The molecule has 1 aliphatic rings. The molecule has 148 valence electrons. The van der Waals surface area contributed by atoms with E-state index in [-0.39, 0.29) is 11.8 Å². The van der Waals surface area contributed by atoms with Crippen molar-refractivity contribution < 1.29 is 4.79 Å². The normalized spacial score (nSPS) is 14.6. The third-order valence-electron chi connectivity index (χ3n) is 4.95. The number of pyridine rings is 1. The Labute approximate surface area is 178 Å². The predicted octanol–water partition coefficient (Wildman–Crippen LogP) is 4.70. The highest BCUT2D eigenvalue weighted by Gasteiger charge is 2.26. The molecule has 4 rings (SSSR count). The first-order valence-electron chi connectivity index (χ1n) is 9.34. The Morgan fingerprint density at radius 3 is 2.28 bits per heavy atom. The lowest BCUT2D eigenvalue weighted by molar-refractivity contribution is -0.120. The van der Waals surface area contributed by atoms with E-state index in [1.54, 1.807) is 30.6 Å². The van der Waals surface area contributed by atoms with E-state index in [9.17, 15) is 4.79 Å². The zero-order chi connectivity index (χ0) is 20.2. The Morgan fingerprint density at radius 2 is 1.66 bits per heavy atom. The Kier molecular flexibility index (Phi) is 5.92. The van der Waals surface area contributed by atoms with Gasteiger partial charge in [0.15, 0.2) is 5.82 Å². The summed E-state index contributed by atoms with van der Waals surface area (Å²) >= 11 is 12.0. The van der Waals surface area contributed by atoms with Gasteiger partial charge in [-0.25, -0.2) is 0 Å². The molecule has 1 aromatic carbocycles. The topological polar surface area (TPSA) is 71.0 Å². The van der Waals surface area contributed by atoms with Crippen molar-refractivity contribution in [1.82, 2.24) is 15.2 Å². The number of nitrogens with zero attached hydrogens (tertiary/aromatic N) is 4. The predicted molar refractivity (Wildman–Crippen MR) is 115 cm³/mol. The van der Waals surface area contributed by atoms with Crippen molar-refractivity contribution >= 4 is 40.6 Å². The highest BCUT2D eigenvalue weighted by Crippen LogP contribution is 2.26. The van der Waals surface area contributed by atoms with E-state index in [0.717, 1.165) is 43.0 Å². The van der Waals surface area contributed by atoms with Crippen LogP contribution in [0.5, 0.6) is 0 Å². The van der Waals surface area contributed by atoms with Crippen LogP contribution in [0.3, 0.4) is 0 Å².